The molecule has 0 aliphatic heterocycles. The number of amides is 2. The lowest BCUT2D eigenvalue weighted by Gasteiger charge is -2.12. The number of thiazole rings is 1. The molecule has 0 radical (unpaired) electrons. The van der Waals surface area contributed by atoms with Crippen LogP contribution in [-0.4, -0.2) is 26.2 Å². The minimum Gasteiger partial charge on any atom is -0.383 e. The van der Waals surface area contributed by atoms with Crippen LogP contribution in [0.1, 0.15) is 42.0 Å². The molecule has 152 valence electrons. The van der Waals surface area contributed by atoms with Crippen molar-refractivity contribution < 1.29 is 14.1 Å². The standard InChI is InChI=1S/C18H23ClN4O3S2/c1-18(2,25)16-21-10-15(27-16)28(20,26)23-17(24)22-14-9-11(6-7-19)8-12-4-3-5-13(12)14/h8-10,25H,3-7H2,1-2H3,(H3,20,22,23,24,26). The molecule has 0 spiro atoms. The Morgan fingerprint density at radius 2 is 2.21 bits per heavy atom. The Labute approximate surface area is 173 Å². The van der Waals surface area contributed by atoms with Gasteiger partial charge in [-0.05, 0) is 62.3 Å². The first-order chi connectivity index (χ1) is 13.1. The lowest BCUT2D eigenvalue weighted by molar-refractivity contribution is 0.0783. The van der Waals surface area contributed by atoms with Crippen LogP contribution in [0.5, 0.6) is 0 Å². The van der Waals surface area contributed by atoms with Crippen molar-refractivity contribution in [2.45, 2.75) is 49.3 Å². The zero-order valence-corrected chi connectivity index (χ0v) is 18.1. The van der Waals surface area contributed by atoms with Gasteiger partial charge < -0.3 is 10.4 Å². The summed E-state index contributed by atoms with van der Waals surface area (Å²) in [6, 6.07) is 3.24. The molecular weight excluding hydrogens is 420 g/mol. The van der Waals surface area contributed by atoms with Gasteiger partial charge in [0.2, 0.25) is 0 Å². The van der Waals surface area contributed by atoms with Crippen molar-refractivity contribution in [1.29, 1.82) is 0 Å². The molecule has 1 atom stereocenters. The number of benzene rings is 1. The molecule has 0 fully saturated rings. The van der Waals surface area contributed by atoms with Crippen LogP contribution in [0.15, 0.2) is 26.9 Å². The predicted octanol–water partition coefficient (Wildman–Crippen LogP) is 3.57. The Morgan fingerprint density at radius 1 is 1.46 bits per heavy atom. The Balaban J connectivity index is 1.87. The van der Waals surface area contributed by atoms with Crippen LogP contribution in [0.2, 0.25) is 0 Å². The minimum atomic E-state index is -3.47. The summed E-state index contributed by atoms with van der Waals surface area (Å²) in [5.41, 5.74) is 2.79. The Bertz CT molecular complexity index is 1020. The highest BCUT2D eigenvalue weighted by Crippen LogP contribution is 2.31. The van der Waals surface area contributed by atoms with Crippen LogP contribution in [0.25, 0.3) is 0 Å². The Hall–Kier alpha value is -1.52. The fourth-order valence-electron chi connectivity index (χ4n) is 3.12. The first-order valence-corrected chi connectivity index (χ1v) is 11.8. The van der Waals surface area contributed by atoms with E-state index in [1.807, 2.05) is 6.07 Å². The number of aryl methyl sites for hydroxylation is 2. The van der Waals surface area contributed by atoms with Crippen molar-refractivity contribution in [2.75, 3.05) is 11.2 Å². The highest BCUT2D eigenvalue weighted by atomic mass is 35.5. The summed E-state index contributed by atoms with van der Waals surface area (Å²) in [4.78, 5) is 16.5. The van der Waals surface area contributed by atoms with E-state index in [-0.39, 0.29) is 4.21 Å². The number of hydrogen-bond donors (Lipinski definition) is 3. The van der Waals surface area contributed by atoms with E-state index in [9.17, 15) is 14.1 Å². The number of nitrogens with two attached hydrogens (primary N) is 1. The number of rotatable bonds is 5. The van der Waals surface area contributed by atoms with E-state index < -0.39 is 21.5 Å². The van der Waals surface area contributed by atoms with Crippen molar-refractivity contribution in [3.63, 3.8) is 0 Å². The number of nitrogens with one attached hydrogen (secondary N) is 1. The van der Waals surface area contributed by atoms with E-state index in [1.165, 1.54) is 11.8 Å². The van der Waals surface area contributed by atoms with Gasteiger partial charge in [0.1, 0.15) is 14.8 Å². The SMILES string of the molecule is CC(C)(O)c1ncc(S(N)(=O)=NC(=O)Nc2cc(CCCl)cc3c2CCC3)s1. The van der Waals surface area contributed by atoms with Gasteiger partial charge in [-0.2, -0.15) is 0 Å². The molecule has 1 heterocycles. The number of halogens is 1. The molecule has 1 aromatic carbocycles. The van der Waals surface area contributed by atoms with Crippen LogP contribution >= 0.6 is 22.9 Å². The highest BCUT2D eigenvalue weighted by molar-refractivity contribution is 7.93. The third-order valence-electron chi connectivity index (χ3n) is 4.41. The second-order valence-corrected chi connectivity index (χ2v) is 10.6. The topological polar surface area (TPSA) is 118 Å². The van der Waals surface area contributed by atoms with Gasteiger partial charge in [-0.1, -0.05) is 6.07 Å². The summed E-state index contributed by atoms with van der Waals surface area (Å²) in [6.45, 7) is 3.12. The van der Waals surface area contributed by atoms with Gasteiger partial charge in [0, 0.05) is 11.6 Å². The quantitative estimate of drug-likeness (QED) is 0.613. The third kappa shape index (κ3) is 4.72. The van der Waals surface area contributed by atoms with E-state index in [0.717, 1.165) is 41.7 Å². The molecular formula is C18H23ClN4O3S2. The molecule has 0 saturated heterocycles. The average molecular weight is 443 g/mol. The van der Waals surface area contributed by atoms with E-state index in [2.05, 4.69) is 20.7 Å². The number of fused-ring (bicyclic) bond motifs is 1. The molecule has 0 saturated carbocycles. The van der Waals surface area contributed by atoms with Gasteiger partial charge in [0.05, 0.1) is 6.20 Å². The second-order valence-electron chi connectivity index (χ2n) is 7.21. The summed E-state index contributed by atoms with van der Waals surface area (Å²) in [6.07, 6.45) is 4.83. The zero-order chi connectivity index (χ0) is 20.5. The van der Waals surface area contributed by atoms with Crippen LogP contribution in [0.4, 0.5) is 10.5 Å². The first-order valence-electron chi connectivity index (χ1n) is 8.85. The fraction of sp³-hybridized carbons (Fsp3) is 0.444. The monoisotopic (exact) mass is 442 g/mol. The third-order valence-corrected chi connectivity index (χ3v) is 7.79. The van der Waals surface area contributed by atoms with Crippen molar-refractivity contribution in [1.82, 2.24) is 4.98 Å². The van der Waals surface area contributed by atoms with E-state index in [4.69, 9.17) is 16.7 Å². The summed E-state index contributed by atoms with van der Waals surface area (Å²) >= 11 is 6.83. The predicted molar refractivity (Wildman–Crippen MR) is 112 cm³/mol. The molecule has 7 nitrogen and oxygen atoms in total. The number of aliphatic hydroxyl groups is 1. The van der Waals surface area contributed by atoms with Gasteiger partial charge in [-0.3, -0.25) is 0 Å². The molecule has 1 aliphatic carbocycles. The maximum Gasteiger partial charge on any atom is 0.354 e. The molecule has 2 aromatic rings. The molecule has 1 aliphatic rings. The van der Waals surface area contributed by atoms with Crippen molar-refractivity contribution in [2.24, 2.45) is 9.50 Å². The minimum absolute atomic E-state index is 0.140. The van der Waals surface area contributed by atoms with Gasteiger partial charge >= 0.3 is 6.03 Å². The molecule has 28 heavy (non-hydrogen) atoms. The van der Waals surface area contributed by atoms with Crippen LogP contribution in [0.3, 0.4) is 0 Å². The first kappa shape index (κ1) is 21.2. The Kier molecular flexibility index (Phi) is 6.11. The number of aromatic nitrogens is 1. The second kappa shape index (κ2) is 8.08. The normalized spacial score (nSPS) is 15.8. The summed E-state index contributed by atoms with van der Waals surface area (Å²) < 4.78 is 16.6. The number of anilines is 1. The molecule has 0 bridgehead atoms. The van der Waals surface area contributed by atoms with Crippen molar-refractivity contribution in [3.8, 4) is 0 Å². The maximum atomic E-state index is 12.8. The van der Waals surface area contributed by atoms with Gasteiger partial charge in [0.25, 0.3) is 0 Å². The number of carbonyl (C=O) groups excluding carboxylic acids is 1. The summed E-state index contributed by atoms with van der Waals surface area (Å²) in [5, 5.41) is 18.9. The van der Waals surface area contributed by atoms with E-state index in [1.54, 1.807) is 13.8 Å². The Morgan fingerprint density at radius 3 is 2.86 bits per heavy atom. The molecule has 1 aromatic heterocycles. The molecule has 4 N–H and O–H groups in total. The number of hydrogen-bond acceptors (Lipinski definition) is 5. The van der Waals surface area contributed by atoms with Crippen LogP contribution in [-0.2, 0) is 34.8 Å². The van der Waals surface area contributed by atoms with Gasteiger partial charge in [0.15, 0.2) is 9.92 Å². The number of alkyl halides is 1. The van der Waals surface area contributed by atoms with Crippen molar-refractivity contribution in [3.05, 3.63) is 40.0 Å². The van der Waals surface area contributed by atoms with Gasteiger partial charge in [-0.15, -0.1) is 27.3 Å². The van der Waals surface area contributed by atoms with Gasteiger partial charge in [-0.25, -0.2) is 19.1 Å². The summed E-state index contributed by atoms with van der Waals surface area (Å²) in [5.74, 6) is 0.488. The fourth-order valence-corrected chi connectivity index (χ4v) is 5.40. The average Bonchev–Trinajstić information content (AvgIpc) is 3.24. The maximum absolute atomic E-state index is 12.8. The zero-order valence-electron chi connectivity index (χ0n) is 15.7. The molecule has 2 amide bonds. The van der Waals surface area contributed by atoms with Crippen molar-refractivity contribution >= 4 is 44.6 Å². The molecule has 10 heteroatoms. The lowest BCUT2D eigenvalue weighted by atomic mass is 10.0. The lowest BCUT2D eigenvalue weighted by Crippen LogP contribution is -2.17. The van der Waals surface area contributed by atoms with Crippen LogP contribution in [0, 0.1) is 0 Å². The number of urea groups is 1. The number of carbonyl (C=O) groups is 1. The van der Waals surface area contributed by atoms with Crippen LogP contribution < -0.4 is 10.5 Å². The summed E-state index contributed by atoms with van der Waals surface area (Å²) in [7, 11) is -3.47. The largest absolute Gasteiger partial charge is 0.383 e. The van der Waals surface area contributed by atoms with E-state index in [0.29, 0.717) is 23.0 Å². The number of nitrogens with zero attached hydrogens (tertiary/aromatic N) is 2. The highest BCUT2D eigenvalue weighted by Gasteiger charge is 2.24. The molecule has 1 unspecified atom stereocenters. The molecule has 3 rings (SSSR count). The van der Waals surface area contributed by atoms with E-state index >= 15 is 0 Å². The smallest absolute Gasteiger partial charge is 0.354 e.